The second-order valence-corrected chi connectivity index (χ2v) is 5.60. The molecule has 0 radical (unpaired) electrons. The van der Waals surface area contributed by atoms with Crippen molar-refractivity contribution in [2.45, 2.75) is 31.8 Å². The minimum atomic E-state index is 0.413. The van der Waals surface area contributed by atoms with Gasteiger partial charge in [0.05, 0.1) is 12.6 Å². The Kier molecular flexibility index (Phi) is 5.35. The molecule has 1 fully saturated rings. The lowest BCUT2D eigenvalue weighted by atomic mass is 10.1. The summed E-state index contributed by atoms with van der Waals surface area (Å²) in [4.78, 5) is 6.76. The molecule has 0 atom stereocenters. The molecule has 2 heterocycles. The number of nitrogens with zero attached hydrogens (tertiary/aromatic N) is 4. The Labute approximate surface area is 135 Å². The van der Waals surface area contributed by atoms with Crippen LogP contribution in [0.3, 0.4) is 0 Å². The van der Waals surface area contributed by atoms with Gasteiger partial charge in [0.15, 0.2) is 5.82 Å². The lowest BCUT2D eigenvalue weighted by Gasteiger charge is -2.32. The van der Waals surface area contributed by atoms with Crippen LogP contribution in [0.1, 0.15) is 25.1 Å². The number of benzene rings is 1. The number of hydrogen-bond acceptors (Lipinski definition) is 6. The first-order valence-electron chi connectivity index (χ1n) is 7.93. The van der Waals surface area contributed by atoms with E-state index in [2.05, 4.69) is 21.1 Å². The van der Waals surface area contributed by atoms with Gasteiger partial charge in [-0.25, -0.2) is 0 Å². The van der Waals surface area contributed by atoms with Gasteiger partial charge in [0.1, 0.15) is 0 Å². The number of rotatable bonds is 6. The van der Waals surface area contributed by atoms with Crippen LogP contribution in [0.2, 0.25) is 0 Å². The van der Waals surface area contributed by atoms with E-state index in [1.165, 1.54) is 0 Å². The summed E-state index contributed by atoms with van der Waals surface area (Å²) in [6, 6.07) is 12.4. The molecule has 1 saturated heterocycles. The van der Waals surface area contributed by atoms with Crippen LogP contribution >= 0.6 is 0 Å². The average Bonchev–Trinajstić information content (AvgIpc) is 3.09. The maximum absolute atomic E-state index is 8.88. The molecule has 120 valence electrons. The van der Waals surface area contributed by atoms with E-state index in [9.17, 15) is 0 Å². The highest BCUT2D eigenvalue weighted by molar-refractivity contribution is 5.51. The van der Waals surface area contributed by atoms with Crippen molar-refractivity contribution in [1.29, 1.82) is 5.26 Å². The van der Waals surface area contributed by atoms with E-state index < -0.39 is 0 Å². The molecule has 1 aromatic carbocycles. The zero-order valence-electron chi connectivity index (χ0n) is 13.0. The zero-order chi connectivity index (χ0) is 15.9. The lowest BCUT2D eigenvalue weighted by molar-refractivity contribution is 0.0306. The van der Waals surface area contributed by atoms with Gasteiger partial charge in [0, 0.05) is 37.8 Å². The topological polar surface area (TPSA) is 75.2 Å². The molecule has 0 bridgehead atoms. The minimum absolute atomic E-state index is 0.413. The van der Waals surface area contributed by atoms with E-state index in [0.717, 1.165) is 38.2 Å². The molecular formula is C17H20N4O2. The van der Waals surface area contributed by atoms with Crippen molar-refractivity contribution in [1.82, 2.24) is 15.0 Å². The molecule has 0 aliphatic carbocycles. The molecular weight excluding hydrogens is 292 g/mol. The van der Waals surface area contributed by atoms with Crippen molar-refractivity contribution >= 4 is 0 Å². The minimum Gasteiger partial charge on any atom is -0.381 e. The summed E-state index contributed by atoms with van der Waals surface area (Å²) in [6.07, 6.45) is 2.46. The predicted octanol–water partition coefficient (Wildman–Crippen LogP) is 2.63. The average molecular weight is 312 g/mol. The highest BCUT2D eigenvalue weighted by atomic mass is 16.5. The summed E-state index contributed by atoms with van der Waals surface area (Å²) in [6.45, 7) is 2.86. The Morgan fingerprint density at radius 3 is 2.74 bits per heavy atom. The zero-order valence-corrected chi connectivity index (χ0v) is 13.0. The Bertz CT molecular complexity index is 644. The first-order valence-corrected chi connectivity index (χ1v) is 7.93. The molecule has 1 aliphatic heterocycles. The third kappa shape index (κ3) is 4.15. The van der Waals surface area contributed by atoms with E-state index in [1.807, 2.05) is 30.3 Å². The van der Waals surface area contributed by atoms with E-state index in [-0.39, 0.29) is 0 Å². The molecule has 0 N–H and O–H groups in total. The standard InChI is InChI=1S/C17H20N4O2/c18-9-4-10-21(15-7-11-22-12-8-15)13-16-19-17(23-20-16)14-5-2-1-3-6-14/h1-3,5-6,15H,4,7-8,10-13H2. The summed E-state index contributed by atoms with van der Waals surface area (Å²) in [5.41, 5.74) is 0.917. The van der Waals surface area contributed by atoms with Crippen LogP contribution in [0.25, 0.3) is 11.5 Å². The maximum atomic E-state index is 8.88. The number of aromatic nitrogens is 2. The van der Waals surface area contributed by atoms with E-state index in [0.29, 0.717) is 30.7 Å². The summed E-state index contributed by atoms with van der Waals surface area (Å²) in [7, 11) is 0. The monoisotopic (exact) mass is 312 g/mol. The highest BCUT2D eigenvalue weighted by Gasteiger charge is 2.23. The Morgan fingerprint density at radius 2 is 2.00 bits per heavy atom. The van der Waals surface area contributed by atoms with Crippen LogP contribution in [0.4, 0.5) is 0 Å². The van der Waals surface area contributed by atoms with Crippen molar-refractivity contribution in [3.63, 3.8) is 0 Å². The van der Waals surface area contributed by atoms with Gasteiger partial charge in [-0.05, 0) is 25.0 Å². The van der Waals surface area contributed by atoms with Crippen molar-refractivity contribution in [2.24, 2.45) is 0 Å². The van der Waals surface area contributed by atoms with Crippen LogP contribution in [0, 0.1) is 11.3 Å². The third-order valence-electron chi connectivity index (χ3n) is 4.05. The second kappa shape index (κ2) is 7.86. The van der Waals surface area contributed by atoms with Gasteiger partial charge in [0.2, 0.25) is 0 Å². The van der Waals surface area contributed by atoms with Gasteiger partial charge in [0.25, 0.3) is 5.89 Å². The van der Waals surface area contributed by atoms with Crippen LogP contribution in [-0.2, 0) is 11.3 Å². The quantitative estimate of drug-likeness (QED) is 0.816. The fourth-order valence-corrected chi connectivity index (χ4v) is 2.83. The number of nitriles is 1. The fraction of sp³-hybridized carbons (Fsp3) is 0.471. The fourth-order valence-electron chi connectivity index (χ4n) is 2.83. The molecule has 2 aromatic rings. The molecule has 0 unspecified atom stereocenters. The molecule has 6 nitrogen and oxygen atoms in total. The molecule has 6 heteroatoms. The first-order chi connectivity index (χ1) is 11.4. The largest absolute Gasteiger partial charge is 0.381 e. The molecule has 1 aliphatic rings. The van der Waals surface area contributed by atoms with Gasteiger partial charge in [-0.3, -0.25) is 4.90 Å². The van der Waals surface area contributed by atoms with Crippen LogP contribution in [-0.4, -0.2) is 40.8 Å². The van der Waals surface area contributed by atoms with Crippen molar-refractivity contribution < 1.29 is 9.26 Å². The Balaban J connectivity index is 1.69. The molecule has 0 spiro atoms. The van der Waals surface area contributed by atoms with Gasteiger partial charge in [-0.2, -0.15) is 10.2 Å². The van der Waals surface area contributed by atoms with Crippen LogP contribution in [0.15, 0.2) is 34.9 Å². The summed E-state index contributed by atoms with van der Waals surface area (Å²) in [5, 5.41) is 13.0. The summed E-state index contributed by atoms with van der Waals surface area (Å²) >= 11 is 0. The Morgan fingerprint density at radius 1 is 1.22 bits per heavy atom. The van der Waals surface area contributed by atoms with Gasteiger partial charge in [-0.15, -0.1) is 0 Å². The van der Waals surface area contributed by atoms with Crippen molar-refractivity contribution in [2.75, 3.05) is 19.8 Å². The van der Waals surface area contributed by atoms with Crippen LogP contribution in [0.5, 0.6) is 0 Å². The second-order valence-electron chi connectivity index (χ2n) is 5.60. The maximum Gasteiger partial charge on any atom is 0.257 e. The van der Waals surface area contributed by atoms with Gasteiger partial charge >= 0.3 is 0 Å². The highest BCUT2D eigenvalue weighted by Crippen LogP contribution is 2.20. The van der Waals surface area contributed by atoms with E-state index in [4.69, 9.17) is 14.5 Å². The molecule has 1 aromatic heterocycles. The van der Waals surface area contributed by atoms with Crippen molar-refractivity contribution in [3.8, 4) is 17.5 Å². The Hall–Kier alpha value is -2.23. The number of ether oxygens (including phenoxy) is 1. The molecule has 23 heavy (non-hydrogen) atoms. The number of hydrogen-bond donors (Lipinski definition) is 0. The van der Waals surface area contributed by atoms with E-state index in [1.54, 1.807) is 0 Å². The molecule has 0 saturated carbocycles. The summed E-state index contributed by atoms with van der Waals surface area (Å²) in [5.74, 6) is 1.20. The smallest absolute Gasteiger partial charge is 0.257 e. The lowest BCUT2D eigenvalue weighted by Crippen LogP contribution is -2.39. The van der Waals surface area contributed by atoms with Gasteiger partial charge in [-0.1, -0.05) is 23.4 Å². The van der Waals surface area contributed by atoms with E-state index >= 15 is 0 Å². The molecule has 0 amide bonds. The SMILES string of the molecule is N#CCCN(Cc1noc(-c2ccccc2)n1)C1CCOCC1. The third-order valence-corrected chi connectivity index (χ3v) is 4.05. The predicted molar refractivity (Wildman–Crippen MR) is 84.2 cm³/mol. The van der Waals surface area contributed by atoms with Crippen LogP contribution < -0.4 is 0 Å². The first kappa shape index (κ1) is 15.7. The summed E-state index contributed by atoms with van der Waals surface area (Å²) < 4.78 is 10.8. The van der Waals surface area contributed by atoms with Gasteiger partial charge < -0.3 is 9.26 Å². The molecule has 3 rings (SSSR count). The van der Waals surface area contributed by atoms with Crippen molar-refractivity contribution in [3.05, 3.63) is 36.2 Å². The normalized spacial score (nSPS) is 15.7.